The summed E-state index contributed by atoms with van der Waals surface area (Å²) >= 11 is 2.14. The minimum atomic E-state index is -0.936. The number of carbonyl (C=O) groups is 2. The largest absolute Gasteiger partial charge is 0.449 e. The van der Waals surface area contributed by atoms with E-state index >= 15 is 0 Å². The summed E-state index contributed by atoms with van der Waals surface area (Å²) in [5, 5.41) is 6.14. The van der Waals surface area contributed by atoms with Gasteiger partial charge in [0.2, 0.25) is 0 Å². The highest BCUT2D eigenvalue weighted by Crippen LogP contribution is 2.11. The van der Waals surface area contributed by atoms with E-state index in [2.05, 4.69) is 33.1 Å². The van der Waals surface area contributed by atoms with E-state index in [0.29, 0.717) is 11.3 Å². The van der Waals surface area contributed by atoms with Gasteiger partial charge in [-0.25, -0.2) is 4.79 Å². The number of benzene rings is 1. The first-order valence-electron chi connectivity index (χ1n) is 6.16. The molecule has 0 aliphatic rings. The van der Waals surface area contributed by atoms with Gasteiger partial charge in [-0.3, -0.25) is 4.79 Å². The fourth-order valence-electron chi connectivity index (χ4n) is 1.52. The first kappa shape index (κ1) is 15.5. The molecule has 110 valence electrons. The number of aromatic nitrogens is 1. The Morgan fingerprint density at radius 1 is 1.33 bits per heavy atom. The summed E-state index contributed by atoms with van der Waals surface area (Å²) in [6, 6.07) is 8.46. The normalized spacial score (nSPS) is 11.8. The van der Waals surface area contributed by atoms with Crippen molar-refractivity contribution in [3.05, 3.63) is 45.2 Å². The molecule has 0 radical (unpaired) electrons. The third kappa shape index (κ3) is 4.28. The zero-order valence-corrected chi connectivity index (χ0v) is 13.6. The Bertz CT molecular complexity index is 651. The molecule has 0 fully saturated rings. The van der Waals surface area contributed by atoms with E-state index in [-0.39, 0.29) is 5.82 Å². The van der Waals surface area contributed by atoms with E-state index in [1.54, 1.807) is 37.3 Å². The van der Waals surface area contributed by atoms with E-state index in [4.69, 9.17) is 9.26 Å². The highest BCUT2D eigenvalue weighted by atomic mass is 127. The number of hydrogen-bond acceptors (Lipinski definition) is 5. The Labute approximate surface area is 135 Å². The van der Waals surface area contributed by atoms with Crippen molar-refractivity contribution in [1.82, 2.24) is 5.16 Å². The number of anilines is 1. The molecule has 1 aromatic heterocycles. The second-order valence-electron chi connectivity index (χ2n) is 4.37. The molecule has 0 aliphatic carbocycles. The molecule has 7 heteroatoms. The van der Waals surface area contributed by atoms with Gasteiger partial charge < -0.3 is 14.6 Å². The number of nitrogens with one attached hydrogen (secondary N) is 1. The maximum Gasteiger partial charge on any atom is 0.338 e. The molecule has 1 amide bonds. The van der Waals surface area contributed by atoms with Crippen LogP contribution in [0.25, 0.3) is 0 Å². The highest BCUT2D eigenvalue weighted by Gasteiger charge is 2.20. The van der Waals surface area contributed by atoms with Gasteiger partial charge in [0.15, 0.2) is 11.9 Å². The molecular weight excluding hydrogens is 387 g/mol. The fraction of sp³-hybridized carbons (Fsp3) is 0.214. The van der Waals surface area contributed by atoms with Crippen molar-refractivity contribution >= 4 is 40.3 Å². The quantitative estimate of drug-likeness (QED) is 0.631. The topological polar surface area (TPSA) is 81.4 Å². The Hall–Kier alpha value is -1.90. The number of carbonyl (C=O) groups excluding carboxylic acids is 2. The van der Waals surface area contributed by atoms with E-state index in [0.717, 1.165) is 3.57 Å². The highest BCUT2D eigenvalue weighted by molar-refractivity contribution is 14.1. The molecule has 1 N–H and O–H groups in total. The standard InChI is InChI=1S/C14H13IN2O4/c1-8-7-12(17-21-8)16-13(18)9(2)20-14(19)10-3-5-11(15)6-4-10/h3-7,9H,1-2H3,(H,16,17,18). The zero-order chi connectivity index (χ0) is 15.4. The van der Waals surface area contributed by atoms with Gasteiger partial charge in [-0.05, 0) is 60.7 Å². The summed E-state index contributed by atoms with van der Waals surface area (Å²) in [5.41, 5.74) is 0.396. The fourth-order valence-corrected chi connectivity index (χ4v) is 1.88. The number of rotatable bonds is 4. The second-order valence-corrected chi connectivity index (χ2v) is 5.61. The van der Waals surface area contributed by atoms with Crippen LogP contribution < -0.4 is 5.32 Å². The lowest BCUT2D eigenvalue weighted by Gasteiger charge is -2.12. The monoisotopic (exact) mass is 400 g/mol. The van der Waals surface area contributed by atoms with Crippen molar-refractivity contribution in [1.29, 1.82) is 0 Å². The first-order valence-corrected chi connectivity index (χ1v) is 7.24. The predicted molar refractivity (Wildman–Crippen MR) is 83.9 cm³/mol. The van der Waals surface area contributed by atoms with Crippen molar-refractivity contribution in [2.75, 3.05) is 5.32 Å². The van der Waals surface area contributed by atoms with Crippen molar-refractivity contribution < 1.29 is 18.8 Å². The number of aryl methyl sites for hydroxylation is 1. The van der Waals surface area contributed by atoms with Crippen molar-refractivity contribution in [2.24, 2.45) is 0 Å². The van der Waals surface area contributed by atoms with Gasteiger partial charge in [0.1, 0.15) is 5.76 Å². The summed E-state index contributed by atoms with van der Waals surface area (Å²) in [6.45, 7) is 3.20. The molecular formula is C14H13IN2O4. The number of halogens is 1. The Kier molecular flexibility index (Phi) is 4.94. The van der Waals surface area contributed by atoms with Gasteiger partial charge in [0, 0.05) is 9.64 Å². The second kappa shape index (κ2) is 6.70. The summed E-state index contributed by atoms with van der Waals surface area (Å²) in [7, 11) is 0. The van der Waals surface area contributed by atoms with Crippen LogP contribution in [0.1, 0.15) is 23.0 Å². The molecule has 1 unspecified atom stereocenters. The molecule has 2 rings (SSSR count). The number of hydrogen-bond donors (Lipinski definition) is 1. The average Bonchev–Trinajstić information content (AvgIpc) is 2.84. The van der Waals surface area contributed by atoms with Crippen LogP contribution in [-0.2, 0) is 9.53 Å². The first-order chi connectivity index (χ1) is 9.95. The zero-order valence-electron chi connectivity index (χ0n) is 11.4. The van der Waals surface area contributed by atoms with Gasteiger partial charge in [-0.15, -0.1) is 0 Å². The molecule has 0 spiro atoms. The molecule has 6 nitrogen and oxygen atoms in total. The minimum absolute atomic E-state index is 0.287. The molecule has 0 saturated heterocycles. The SMILES string of the molecule is Cc1cc(NC(=O)C(C)OC(=O)c2ccc(I)cc2)no1. The van der Waals surface area contributed by atoms with Gasteiger partial charge in [-0.1, -0.05) is 5.16 Å². The Morgan fingerprint density at radius 3 is 2.57 bits per heavy atom. The summed E-state index contributed by atoms with van der Waals surface area (Å²) in [4.78, 5) is 23.8. The summed E-state index contributed by atoms with van der Waals surface area (Å²) < 4.78 is 10.9. The third-order valence-electron chi connectivity index (χ3n) is 2.61. The van der Waals surface area contributed by atoms with Crippen molar-refractivity contribution in [2.45, 2.75) is 20.0 Å². The van der Waals surface area contributed by atoms with Gasteiger partial charge >= 0.3 is 5.97 Å². The van der Waals surface area contributed by atoms with Crippen LogP contribution in [0.15, 0.2) is 34.9 Å². The third-order valence-corrected chi connectivity index (χ3v) is 3.33. The average molecular weight is 400 g/mol. The lowest BCUT2D eigenvalue weighted by Crippen LogP contribution is -2.30. The molecule has 0 bridgehead atoms. The van der Waals surface area contributed by atoms with Gasteiger partial charge in [0.05, 0.1) is 5.56 Å². The maximum atomic E-state index is 11.9. The number of ether oxygens (including phenoxy) is 1. The van der Waals surface area contributed by atoms with Gasteiger partial charge in [0.25, 0.3) is 5.91 Å². The molecule has 2 aromatic rings. The van der Waals surface area contributed by atoms with Gasteiger partial charge in [-0.2, -0.15) is 0 Å². The smallest absolute Gasteiger partial charge is 0.338 e. The predicted octanol–water partition coefficient (Wildman–Crippen LogP) is 2.77. The number of nitrogens with zero attached hydrogens (tertiary/aromatic N) is 1. The van der Waals surface area contributed by atoms with E-state index in [1.807, 2.05) is 0 Å². The molecule has 0 aliphatic heterocycles. The lowest BCUT2D eigenvalue weighted by molar-refractivity contribution is -0.123. The van der Waals surface area contributed by atoms with Crippen molar-refractivity contribution in [3.8, 4) is 0 Å². The van der Waals surface area contributed by atoms with Crippen LogP contribution in [0.4, 0.5) is 5.82 Å². The molecule has 1 atom stereocenters. The van der Waals surface area contributed by atoms with E-state index in [1.165, 1.54) is 6.92 Å². The number of esters is 1. The number of amides is 1. The summed E-state index contributed by atoms with van der Waals surface area (Å²) in [5.74, 6) is -0.156. The van der Waals surface area contributed by atoms with Crippen LogP contribution in [0.5, 0.6) is 0 Å². The maximum absolute atomic E-state index is 11.9. The van der Waals surface area contributed by atoms with E-state index in [9.17, 15) is 9.59 Å². The molecule has 1 heterocycles. The molecule has 21 heavy (non-hydrogen) atoms. The van der Waals surface area contributed by atoms with Crippen LogP contribution in [0, 0.1) is 10.5 Å². The van der Waals surface area contributed by atoms with Crippen molar-refractivity contribution in [3.63, 3.8) is 0 Å². The van der Waals surface area contributed by atoms with Crippen LogP contribution in [-0.4, -0.2) is 23.1 Å². The summed E-state index contributed by atoms with van der Waals surface area (Å²) in [6.07, 6.45) is -0.936. The minimum Gasteiger partial charge on any atom is -0.449 e. The Balaban J connectivity index is 1.93. The Morgan fingerprint density at radius 2 is 2.00 bits per heavy atom. The van der Waals surface area contributed by atoms with Crippen LogP contribution in [0.3, 0.4) is 0 Å². The molecule has 0 saturated carbocycles. The lowest BCUT2D eigenvalue weighted by atomic mass is 10.2. The van der Waals surface area contributed by atoms with Crippen LogP contribution in [0.2, 0.25) is 0 Å². The van der Waals surface area contributed by atoms with E-state index < -0.39 is 18.0 Å². The molecule has 1 aromatic carbocycles. The van der Waals surface area contributed by atoms with Crippen LogP contribution >= 0.6 is 22.6 Å².